The minimum absolute atomic E-state index is 0.0633. The molecule has 0 spiro atoms. The number of aliphatic hydroxyl groups excluding tert-OH is 1. The summed E-state index contributed by atoms with van der Waals surface area (Å²) in [5, 5.41) is 22.3. The highest BCUT2D eigenvalue weighted by Crippen LogP contribution is 2.41. The van der Waals surface area contributed by atoms with Gasteiger partial charge in [-0.1, -0.05) is 48.5 Å². The summed E-state index contributed by atoms with van der Waals surface area (Å²) in [5.41, 5.74) is 2.53. The highest BCUT2D eigenvalue weighted by molar-refractivity contribution is 6.51. The number of nitrogens with one attached hydrogen (secondary N) is 1. The Morgan fingerprint density at radius 3 is 2.56 bits per heavy atom. The van der Waals surface area contributed by atoms with E-state index in [0.717, 1.165) is 11.6 Å². The van der Waals surface area contributed by atoms with Crippen molar-refractivity contribution in [1.82, 2.24) is 9.97 Å². The van der Waals surface area contributed by atoms with Crippen molar-refractivity contribution in [2.45, 2.75) is 13.0 Å². The Morgan fingerprint density at radius 1 is 1.06 bits per heavy atom. The minimum Gasteiger partial charge on any atom is -0.507 e. The number of aromatic nitrogens is 2. The number of aliphatic hydroxyl groups is 1. The average molecular weight is 454 g/mol. The SMILES string of the molecule is Cc1ccc2nc(N3C(=O)C(=O)/C(=C(/O)c4cccc([N+](=O)[O-])c4)C3c3ccccc3)[nH]c2c1. The van der Waals surface area contributed by atoms with E-state index in [4.69, 9.17) is 0 Å². The summed E-state index contributed by atoms with van der Waals surface area (Å²) < 4.78 is 0. The zero-order chi connectivity index (χ0) is 24.0. The van der Waals surface area contributed by atoms with E-state index in [9.17, 15) is 24.8 Å². The quantitative estimate of drug-likeness (QED) is 0.155. The van der Waals surface area contributed by atoms with Gasteiger partial charge in [0.15, 0.2) is 0 Å². The van der Waals surface area contributed by atoms with Gasteiger partial charge in [-0.2, -0.15) is 0 Å². The molecule has 1 saturated heterocycles. The van der Waals surface area contributed by atoms with E-state index in [1.807, 2.05) is 25.1 Å². The number of nitrogens with zero attached hydrogens (tertiary/aromatic N) is 3. The fourth-order valence-corrected chi connectivity index (χ4v) is 4.15. The van der Waals surface area contributed by atoms with Crippen LogP contribution in [0.2, 0.25) is 0 Å². The van der Waals surface area contributed by atoms with Crippen molar-refractivity contribution in [2.24, 2.45) is 0 Å². The van der Waals surface area contributed by atoms with Crippen LogP contribution in [0.3, 0.4) is 0 Å². The molecule has 9 heteroatoms. The lowest BCUT2D eigenvalue weighted by Crippen LogP contribution is -2.30. The molecule has 4 aromatic rings. The standard InChI is InChI=1S/C25H18N4O5/c1-14-10-11-18-19(12-14)27-25(26-18)28-21(15-6-3-2-4-7-15)20(23(31)24(28)32)22(30)16-8-5-9-17(13-16)29(33)34/h2-13,21,30H,1H3,(H,26,27)/b22-20+. The number of H-pyrrole nitrogens is 1. The van der Waals surface area contributed by atoms with Crippen LogP contribution in [0.5, 0.6) is 0 Å². The first-order valence-electron chi connectivity index (χ1n) is 10.4. The third-order valence-corrected chi connectivity index (χ3v) is 5.74. The van der Waals surface area contributed by atoms with Gasteiger partial charge in [-0.15, -0.1) is 0 Å². The number of anilines is 1. The molecule has 0 radical (unpaired) electrons. The van der Waals surface area contributed by atoms with Crippen molar-refractivity contribution in [3.63, 3.8) is 0 Å². The number of aromatic amines is 1. The van der Waals surface area contributed by atoms with Crippen LogP contribution in [-0.2, 0) is 9.59 Å². The van der Waals surface area contributed by atoms with Crippen LogP contribution in [0.4, 0.5) is 11.6 Å². The fourth-order valence-electron chi connectivity index (χ4n) is 4.15. The van der Waals surface area contributed by atoms with Gasteiger partial charge in [0.1, 0.15) is 5.76 Å². The molecule has 1 amide bonds. The van der Waals surface area contributed by atoms with Gasteiger partial charge in [0.25, 0.3) is 11.5 Å². The van der Waals surface area contributed by atoms with Crippen molar-refractivity contribution in [2.75, 3.05) is 4.90 Å². The number of fused-ring (bicyclic) bond motifs is 1. The lowest BCUT2D eigenvalue weighted by molar-refractivity contribution is -0.384. The molecule has 9 nitrogen and oxygen atoms in total. The number of nitro benzene ring substituents is 1. The maximum atomic E-state index is 13.2. The monoisotopic (exact) mass is 454 g/mol. The van der Waals surface area contributed by atoms with Crippen LogP contribution in [0.15, 0.2) is 78.4 Å². The second-order valence-electron chi connectivity index (χ2n) is 7.97. The first kappa shape index (κ1) is 21.1. The summed E-state index contributed by atoms with van der Waals surface area (Å²) in [7, 11) is 0. The Labute approximate surface area is 193 Å². The number of carbonyl (C=O) groups excluding carboxylic acids is 2. The first-order valence-corrected chi connectivity index (χ1v) is 10.4. The molecule has 1 aromatic heterocycles. The van der Waals surface area contributed by atoms with Gasteiger partial charge in [0.2, 0.25) is 5.95 Å². The van der Waals surface area contributed by atoms with Crippen molar-refractivity contribution >= 4 is 40.1 Å². The topological polar surface area (TPSA) is 129 Å². The maximum absolute atomic E-state index is 13.2. The lowest BCUT2D eigenvalue weighted by atomic mass is 9.95. The lowest BCUT2D eigenvalue weighted by Gasteiger charge is -2.23. The summed E-state index contributed by atoms with van der Waals surface area (Å²) in [6, 6.07) is 18.6. The van der Waals surface area contributed by atoms with E-state index < -0.39 is 28.4 Å². The molecule has 0 bridgehead atoms. The number of imidazole rings is 1. The molecule has 3 aromatic carbocycles. The summed E-state index contributed by atoms with van der Waals surface area (Å²) in [6.07, 6.45) is 0. The van der Waals surface area contributed by atoms with Crippen molar-refractivity contribution in [3.05, 3.63) is 105 Å². The fraction of sp³-hybridized carbons (Fsp3) is 0.0800. The van der Waals surface area contributed by atoms with E-state index in [2.05, 4.69) is 9.97 Å². The van der Waals surface area contributed by atoms with Gasteiger partial charge in [-0.05, 0) is 30.2 Å². The van der Waals surface area contributed by atoms with Crippen LogP contribution in [0.1, 0.15) is 22.7 Å². The molecular weight excluding hydrogens is 436 g/mol. The number of benzene rings is 3. The summed E-state index contributed by atoms with van der Waals surface area (Å²) in [6.45, 7) is 1.93. The highest BCUT2D eigenvalue weighted by atomic mass is 16.6. The van der Waals surface area contributed by atoms with Gasteiger partial charge < -0.3 is 10.1 Å². The smallest absolute Gasteiger partial charge is 0.302 e. The predicted octanol–water partition coefficient (Wildman–Crippen LogP) is 4.41. The number of carbonyl (C=O) groups is 2. The third kappa shape index (κ3) is 3.39. The second-order valence-corrected chi connectivity index (χ2v) is 7.97. The predicted molar refractivity (Wildman–Crippen MR) is 125 cm³/mol. The van der Waals surface area contributed by atoms with E-state index >= 15 is 0 Å². The van der Waals surface area contributed by atoms with Crippen LogP contribution >= 0.6 is 0 Å². The maximum Gasteiger partial charge on any atom is 0.302 e. The molecule has 1 atom stereocenters. The van der Waals surface area contributed by atoms with Gasteiger partial charge in [-0.25, -0.2) is 4.98 Å². The molecule has 5 rings (SSSR count). The Balaban J connectivity index is 1.72. The van der Waals surface area contributed by atoms with E-state index in [1.54, 1.807) is 30.3 Å². The number of ketones is 1. The number of aryl methyl sites for hydroxylation is 1. The molecule has 0 aliphatic carbocycles. The van der Waals surface area contributed by atoms with Crippen molar-refractivity contribution < 1.29 is 19.6 Å². The third-order valence-electron chi connectivity index (χ3n) is 5.74. The van der Waals surface area contributed by atoms with Crippen LogP contribution in [-0.4, -0.2) is 31.7 Å². The molecule has 0 saturated carbocycles. The number of amides is 1. The first-order chi connectivity index (χ1) is 16.3. The number of Topliss-reactive ketones (excluding diaryl/α,β-unsaturated/α-hetero) is 1. The van der Waals surface area contributed by atoms with E-state index in [0.29, 0.717) is 16.6 Å². The van der Waals surface area contributed by atoms with E-state index in [1.165, 1.54) is 23.1 Å². The van der Waals surface area contributed by atoms with Crippen LogP contribution < -0.4 is 4.90 Å². The number of hydrogen-bond acceptors (Lipinski definition) is 6. The van der Waals surface area contributed by atoms with Gasteiger partial charge in [0, 0.05) is 17.7 Å². The summed E-state index contributed by atoms with van der Waals surface area (Å²) in [4.78, 5) is 45.8. The van der Waals surface area contributed by atoms with Crippen LogP contribution in [0.25, 0.3) is 16.8 Å². The summed E-state index contributed by atoms with van der Waals surface area (Å²) in [5.74, 6) is -2.11. The largest absolute Gasteiger partial charge is 0.507 e. The Morgan fingerprint density at radius 2 is 1.82 bits per heavy atom. The Kier molecular flexibility index (Phi) is 4.94. The molecule has 1 fully saturated rings. The van der Waals surface area contributed by atoms with Crippen molar-refractivity contribution in [1.29, 1.82) is 0 Å². The van der Waals surface area contributed by atoms with Crippen molar-refractivity contribution in [3.8, 4) is 0 Å². The molecule has 1 aliphatic heterocycles. The summed E-state index contributed by atoms with van der Waals surface area (Å²) >= 11 is 0. The molecule has 34 heavy (non-hydrogen) atoms. The second kappa shape index (κ2) is 7.96. The van der Waals surface area contributed by atoms with E-state index in [-0.39, 0.29) is 22.8 Å². The molecule has 1 unspecified atom stereocenters. The Bertz CT molecular complexity index is 1510. The van der Waals surface area contributed by atoms with Gasteiger partial charge >= 0.3 is 5.91 Å². The average Bonchev–Trinajstić information content (AvgIpc) is 3.37. The van der Waals surface area contributed by atoms with Gasteiger partial charge in [0.05, 0.1) is 27.6 Å². The zero-order valence-corrected chi connectivity index (χ0v) is 17.9. The normalized spacial score (nSPS) is 17.4. The molecule has 168 valence electrons. The molecular formula is C25H18N4O5. The molecule has 2 N–H and O–H groups in total. The Hall–Kier alpha value is -4.79. The number of non-ortho nitro benzene ring substituents is 1. The zero-order valence-electron chi connectivity index (χ0n) is 17.9. The highest BCUT2D eigenvalue weighted by Gasteiger charge is 2.48. The number of hydrogen-bond donors (Lipinski definition) is 2. The van der Waals surface area contributed by atoms with Crippen LogP contribution in [0, 0.1) is 17.0 Å². The molecule has 1 aliphatic rings. The molecule has 2 heterocycles. The number of nitro groups is 1. The van der Waals surface area contributed by atoms with Gasteiger partial charge in [-0.3, -0.25) is 24.6 Å². The number of rotatable bonds is 4. The minimum atomic E-state index is -0.984.